The van der Waals surface area contributed by atoms with E-state index in [4.69, 9.17) is 4.74 Å². The lowest BCUT2D eigenvalue weighted by Crippen LogP contribution is -2.54. The van der Waals surface area contributed by atoms with Crippen LogP contribution in [0.4, 0.5) is 11.4 Å². The molecule has 9 nitrogen and oxygen atoms in total. The van der Waals surface area contributed by atoms with Gasteiger partial charge in [-0.1, -0.05) is 158 Å². The first kappa shape index (κ1) is 37.4. The molecule has 0 radical (unpaired) electrons. The molecule has 0 aromatic heterocycles. The Labute approximate surface area is 332 Å². The van der Waals surface area contributed by atoms with Crippen LogP contribution in [0, 0.1) is 0 Å². The van der Waals surface area contributed by atoms with Crippen LogP contribution in [0.2, 0.25) is 0 Å². The van der Waals surface area contributed by atoms with Crippen molar-refractivity contribution in [2.45, 2.75) is 25.3 Å². The molecule has 2 heterocycles. The van der Waals surface area contributed by atoms with Crippen molar-refractivity contribution in [2.24, 2.45) is 0 Å². The zero-order valence-electron chi connectivity index (χ0n) is 31.4. The molecule has 2 unspecified atom stereocenters. The van der Waals surface area contributed by atoms with E-state index in [-0.39, 0.29) is 49.8 Å². The fraction of sp³-hybridized carbons (Fsp3) is 0.167. The number of nitrogens with zero attached hydrogens (tertiary/aromatic N) is 4. The number of imide groups is 2. The van der Waals surface area contributed by atoms with E-state index < -0.39 is 12.2 Å². The summed E-state index contributed by atoms with van der Waals surface area (Å²) in [5.41, 5.74) is 5.79. The highest BCUT2D eigenvalue weighted by Crippen LogP contribution is 2.42. The van der Waals surface area contributed by atoms with E-state index in [9.17, 15) is 19.2 Å². The maximum atomic E-state index is 13.9. The van der Waals surface area contributed by atoms with Gasteiger partial charge in [0.05, 0.1) is 37.6 Å². The van der Waals surface area contributed by atoms with Crippen LogP contribution in [-0.4, -0.2) is 59.6 Å². The molecule has 284 valence electrons. The van der Waals surface area contributed by atoms with E-state index in [1.54, 1.807) is 12.1 Å². The van der Waals surface area contributed by atoms with Crippen molar-refractivity contribution in [3.63, 3.8) is 0 Å². The first-order valence-electron chi connectivity index (χ1n) is 19.1. The molecule has 57 heavy (non-hydrogen) atoms. The Morgan fingerprint density at radius 2 is 0.684 bits per heavy atom. The summed E-state index contributed by atoms with van der Waals surface area (Å²) in [7, 11) is 0. The maximum absolute atomic E-state index is 13.9. The summed E-state index contributed by atoms with van der Waals surface area (Å²) in [6, 6.07) is 53.6. The van der Waals surface area contributed by atoms with E-state index in [0.29, 0.717) is 35.6 Å². The topological polar surface area (TPSA) is 90.5 Å². The van der Waals surface area contributed by atoms with E-state index in [1.807, 2.05) is 168 Å². The van der Waals surface area contributed by atoms with Crippen LogP contribution < -0.4 is 9.80 Å². The summed E-state index contributed by atoms with van der Waals surface area (Å²) in [4.78, 5) is 62.0. The number of hydrogen-bond acceptors (Lipinski definition) is 7. The van der Waals surface area contributed by atoms with Gasteiger partial charge in [0.15, 0.2) is 0 Å². The molecule has 4 amide bonds. The van der Waals surface area contributed by atoms with Crippen molar-refractivity contribution >= 4 is 35.0 Å². The highest BCUT2D eigenvalue weighted by molar-refractivity contribution is 6.19. The summed E-state index contributed by atoms with van der Waals surface area (Å²) < 4.78 is 7.28. The summed E-state index contributed by atoms with van der Waals surface area (Å²) in [5.74, 6) is -1.30. The van der Waals surface area contributed by atoms with Crippen LogP contribution >= 0.6 is 0 Å². The zero-order chi connectivity index (χ0) is 39.1. The lowest BCUT2D eigenvalue weighted by molar-refractivity contribution is -0.133. The molecule has 2 atom stereocenters. The lowest BCUT2D eigenvalue weighted by Gasteiger charge is -2.36. The minimum atomic E-state index is -0.780. The monoisotopic (exact) mass is 754 g/mol. The Hall–Kier alpha value is -6.52. The summed E-state index contributed by atoms with van der Waals surface area (Å²) in [6.45, 7) is 1.27. The molecule has 8 rings (SSSR count). The van der Waals surface area contributed by atoms with E-state index in [0.717, 1.165) is 22.3 Å². The Kier molecular flexibility index (Phi) is 11.2. The fourth-order valence-corrected chi connectivity index (χ4v) is 7.76. The van der Waals surface area contributed by atoms with Crippen molar-refractivity contribution < 1.29 is 23.9 Å². The lowest BCUT2D eigenvalue weighted by atomic mass is 9.95. The van der Waals surface area contributed by atoms with Crippen molar-refractivity contribution in [1.82, 2.24) is 9.80 Å². The number of ether oxygens (including phenoxy) is 1. The third kappa shape index (κ3) is 8.36. The Morgan fingerprint density at radius 3 is 1.04 bits per heavy atom. The predicted molar refractivity (Wildman–Crippen MR) is 219 cm³/mol. The Morgan fingerprint density at radius 1 is 0.386 bits per heavy atom. The summed E-state index contributed by atoms with van der Waals surface area (Å²) in [6.07, 6.45) is -1.56. The van der Waals surface area contributed by atoms with Gasteiger partial charge in [0.1, 0.15) is 12.2 Å². The number of carbonyl (C=O) groups excluding carboxylic acids is 4. The van der Waals surface area contributed by atoms with Gasteiger partial charge in [0, 0.05) is 24.2 Å². The average Bonchev–Trinajstić information content (AvgIpc) is 3.23. The highest BCUT2D eigenvalue weighted by atomic mass is 16.5. The molecule has 0 spiro atoms. The van der Waals surface area contributed by atoms with Crippen LogP contribution in [0.15, 0.2) is 170 Å². The molecule has 0 aliphatic carbocycles. The standard InChI is InChI=1S/C48H42N4O5/c53-43-31-49(29-35-17-5-1-6-18-35)32-44(54)51(43)41-27-15-13-25-39(41)47(37-21-9-3-10-22-37)57-48(38-23-11-4-12-24-38)40-26-14-16-28-42(40)52-45(55)33-50(34-46(52)56)30-36-19-7-2-8-20-36/h1-28,47-48H,29-34H2. The number of para-hydroxylation sites is 2. The third-order valence-corrected chi connectivity index (χ3v) is 10.3. The van der Waals surface area contributed by atoms with E-state index >= 15 is 0 Å². The van der Waals surface area contributed by atoms with Crippen LogP contribution in [-0.2, 0) is 37.0 Å². The number of rotatable bonds is 12. The van der Waals surface area contributed by atoms with Crippen molar-refractivity contribution in [3.05, 3.63) is 203 Å². The molecule has 6 aromatic rings. The average molecular weight is 755 g/mol. The van der Waals surface area contributed by atoms with Gasteiger partial charge in [-0.05, 0) is 34.4 Å². The van der Waals surface area contributed by atoms with E-state index in [2.05, 4.69) is 0 Å². The molecule has 0 saturated carbocycles. The Balaban J connectivity index is 1.15. The quantitative estimate of drug-likeness (QED) is 0.121. The van der Waals surface area contributed by atoms with Gasteiger partial charge in [-0.2, -0.15) is 0 Å². The number of amides is 4. The predicted octanol–water partition coefficient (Wildman–Crippen LogP) is 7.33. The molecule has 0 N–H and O–H groups in total. The minimum absolute atomic E-state index is 0.0759. The van der Waals surface area contributed by atoms with Crippen molar-refractivity contribution in [3.8, 4) is 0 Å². The van der Waals surface area contributed by atoms with Gasteiger partial charge in [-0.15, -0.1) is 0 Å². The van der Waals surface area contributed by atoms with Crippen molar-refractivity contribution in [2.75, 3.05) is 36.0 Å². The van der Waals surface area contributed by atoms with Crippen LogP contribution in [0.3, 0.4) is 0 Å². The summed E-state index contributed by atoms with van der Waals surface area (Å²) in [5, 5.41) is 0. The normalized spacial score (nSPS) is 16.5. The van der Waals surface area contributed by atoms with Crippen molar-refractivity contribution in [1.29, 1.82) is 0 Å². The largest absolute Gasteiger partial charge is 0.356 e. The second kappa shape index (κ2) is 17.1. The first-order chi connectivity index (χ1) is 27.9. The molecule has 6 aromatic carbocycles. The first-order valence-corrected chi connectivity index (χ1v) is 19.1. The van der Waals surface area contributed by atoms with Gasteiger partial charge >= 0.3 is 0 Å². The maximum Gasteiger partial charge on any atom is 0.248 e. The number of benzene rings is 6. The molecular formula is C48H42N4O5. The Bertz CT molecular complexity index is 2150. The number of carbonyl (C=O) groups is 4. The molecule has 2 fully saturated rings. The summed E-state index contributed by atoms with van der Waals surface area (Å²) >= 11 is 0. The zero-order valence-corrected chi connectivity index (χ0v) is 31.4. The van der Waals surface area contributed by atoms with Gasteiger partial charge in [0.2, 0.25) is 23.6 Å². The van der Waals surface area contributed by atoms with Crippen LogP contribution in [0.5, 0.6) is 0 Å². The molecular weight excluding hydrogens is 713 g/mol. The molecule has 9 heteroatoms. The van der Waals surface area contributed by atoms with Gasteiger partial charge in [-0.25, -0.2) is 9.80 Å². The number of piperazine rings is 2. The van der Waals surface area contributed by atoms with Crippen LogP contribution in [0.25, 0.3) is 0 Å². The van der Waals surface area contributed by atoms with Crippen LogP contribution in [0.1, 0.15) is 45.6 Å². The van der Waals surface area contributed by atoms with Gasteiger partial charge in [-0.3, -0.25) is 29.0 Å². The SMILES string of the molecule is O=C1CN(Cc2ccccc2)CC(=O)N1c1ccccc1C(OC(c1ccccc1)c1ccccc1N1C(=O)CN(Cc2ccccc2)CC1=O)c1ccccc1. The third-order valence-electron chi connectivity index (χ3n) is 10.3. The number of hydrogen-bond donors (Lipinski definition) is 0. The molecule has 0 bridgehead atoms. The highest BCUT2D eigenvalue weighted by Gasteiger charge is 2.38. The minimum Gasteiger partial charge on any atom is -0.356 e. The smallest absolute Gasteiger partial charge is 0.248 e. The van der Waals surface area contributed by atoms with Gasteiger partial charge < -0.3 is 4.74 Å². The van der Waals surface area contributed by atoms with E-state index in [1.165, 1.54) is 9.80 Å². The molecule has 2 aliphatic heterocycles. The molecule has 2 aliphatic rings. The van der Waals surface area contributed by atoms with Gasteiger partial charge in [0.25, 0.3) is 0 Å². The number of anilines is 2. The fourth-order valence-electron chi connectivity index (χ4n) is 7.76. The second-order valence-electron chi connectivity index (χ2n) is 14.3. The second-order valence-corrected chi connectivity index (χ2v) is 14.3. The molecule has 2 saturated heterocycles.